The Hall–Kier alpha value is -0.550. The zero-order chi connectivity index (χ0) is 13.3. The van der Waals surface area contributed by atoms with Gasteiger partial charge in [-0.05, 0) is 47.0 Å². The monoisotopic (exact) mass is 342 g/mol. The molecule has 2 nitrogen and oxygen atoms in total. The second-order valence-corrected chi connectivity index (χ2v) is 7.06. The van der Waals surface area contributed by atoms with Gasteiger partial charge in [0.1, 0.15) is 5.82 Å². The zero-order valence-corrected chi connectivity index (χ0v) is 13.0. The normalized spacial score (nSPS) is 21.5. The summed E-state index contributed by atoms with van der Waals surface area (Å²) in [6.45, 7) is 0. The Morgan fingerprint density at radius 3 is 2.84 bits per heavy atom. The third-order valence-corrected chi connectivity index (χ3v) is 5.61. The predicted octanol–water partition coefficient (Wildman–Crippen LogP) is 4.81. The molecule has 0 bridgehead atoms. The van der Waals surface area contributed by atoms with Crippen molar-refractivity contribution < 1.29 is 4.39 Å². The minimum Gasteiger partial charge on any atom is -0.334 e. The molecule has 1 heterocycles. The Morgan fingerprint density at radius 2 is 2.05 bits per heavy atom. The third-order valence-electron chi connectivity index (χ3n) is 3.77. The highest BCUT2D eigenvalue weighted by molar-refractivity contribution is 9.10. The van der Waals surface area contributed by atoms with Crippen molar-refractivity contribution in [1.82, 2.24) is 0 Å². The van der Waals surface area contributed by atoms with E-state index in [2.05, 4.69) is 21.2 Å². The van der Waals surface area contributed by atoms with E-state index < -0.39 is 0 Å². The maximum atomic E-state index is 13.3. The van der Waals surface area contributed by atoms with E-state index in [9.17, 15) is 4.39 Å². The van der Waals surface area contributed by atoms with E-state index in [1.165, 1.54) is 44.2 Å². The molecule has 0 unspecified atom stereocenters. The first kappa shape index (κ1) is 13.4. The molecule has 0 amide bonds. The number of halogens is 2. The van der Waals surface area contributed by atoms with Crippen LogP contribution >= 0.6 is 27.7 Å². The molecule has 5 heteroatoms. The van der Waals surface area contributed by atoms with Crippen LogP contribution in [0.1, 0.15) is 32.1 Å². The lowest BCUT2D eigenvalue weighted by atomic mass is 9.84. The number of aliphatic imine (C=N–C) groups is 1. The fraction of sp³-hybridized carbons (Fsp3) is 0.500. The van der Waals surface area contributed by atoms with Gasteiger partial charge in [-0.25, -0.2) is 4.39 Å². The average molecular weight is 343 g/mol. The van der Waals surface area contributed by atoms with Crippen LogP contribution in [0, 0.1) is 5.82 Å². The summed E-state index contributed by atoms with van der Waals surface area (Å²) in [6, 6.07) is 4.66. The molecule has 1 aliphatic carbocycles. The number of amidine groups is 1. The minimum atomic E-state index is -0.235. The SMILES string of the molecule is Fc1ccc(Br)c(NC2=NC3(CCCCC3)CS2)c1. The molecule has 1 fully saturated rings. The van der Waals surface area contributed by atoms with Gasteiger partial charge in [0.2, 0.25) is 0 Å². The Kier molecular flexibility index (Phi) is 3.85. The van der Waals surface area contributed by atoms with E-state index >= 15 is 0 Å². The van der Waals surface area contributed by atoms with E-state index in [1.54, 1.807) is 17.8 Å². The van der Waals surface area contributed by atoms with Crippen LogP contribution in [0.5, 0.6) is 0 Å². The highest BCUT2D eigenvalue weighted by atomic mass is 79.9. The van der Waals surface area contributed by atoms with Gasteiger partial charge in [-0.3, -0.25) is 4.99 Å². The van der Waals surface area contributed by atoms with Gasteiger partial charge in [0.05, 0.1) is 11.2 Å². The highest BCUT2D eigenvalue weighted by Crippen LogP contribution is 2.40. The molecule has 1 aromatic rings. The third kappa shape index (κ3) is 2.97. The fourth-order valence-corrected chi connectivity index (χ4v) is 4.27. The molecule has 2 aliphatic rings. The lowest BCUT2D eigenvalue weighted by molar-refractivity contribution is 0.335. The molecule has 1 saturated carbocycles. The summed E-state index contributed by atoms with van der Waals surface area (Å²) >= 11 is 5.18. The van der Waals surface area contributed by atoms with Crippen LogP contribution in [0.3, 0.4) is 0 Å². The zero-order valence-electron chi connectivity index (χ0n) is 10.6. The first-order valence-corrected chi connectivity index (χ1v) is 8.40. The van der Waals surface area contributed by atoms with Gasteiger partial charge in [0.25, 0.3) is 0 Å². The molecule has 3 rings (SSSR count). The number of nitrogens with one attached hydrogen (secondary N) is 1. The Labute approximate surface area is 125 Å². The smallest absolute Gasteiger partial charge is 0.161 e. The van der Waals surface area contributed by atoms with Crippen LogP contribution in [0.25, 0.3) is 0 Å². The summed E-state index contributed by atoms with van der Waals surface area (Å²) in [5, 5.41) is 4.17. The van der Waals surface area contributed by atoms with Crippen molar-refractivity contribution in [1.29, 1.82) is 0 Å². The van der Waals surface area contributed by atoms with Gasteiger partial charge in [-0.2, -0.15) is 0 Å². The molecule has 0 aromatic heterocycles. The van der Waals surface area contributed by atoms with Crippen LogP contribution in [0.15, 0.2) is 27.7 Å². The van der Waals surface area contributed by atoms with Gasteiger partial charge in [0, 0.05) is 10.2 Å². The fourth-order valence-electron chi connectivity index (χ4n) is 2.72. The van der Waals surface area contributed by atoms with Crippen molar-refractivity contribution in [3.05, 3.63) is 28.5 Å². The van der Waals surface area contributed by atoms with Crippen LogP contribution in [-0.4, -0.2) is 16.5 Å². The lowest BCUT2D eigenvalue weighted by Gasteiger charge is -2.29. The van der Waals surface area contributed by atoms with Crippen molar-refractivity contribution in [2.24, 2.45) is 4.99 Å². The number of thioether (sulfide) groups is 1. The highest BCUT2D eigenvalue weighted by Gasteiger charge is 2.36. The van der Waals surface area contributed by atoms with Gasteiger partial charge in [-0.15, -0.1) is 0 Å². The topological polar surface area (TPSA) is 24.4 Å². The number of benzene rings is 1. The summed E-state index contributed by atoms with van der Waals surface area (Å²) in [5.41, 5.74) is 0.893. The number of hydrogen-bond acceptors (Lipinski definition) is 3. The molecule has 1 N–H and O–H groups in total. The molecular formula is C14H16BrFN2S. The quantitative estimate of drug-likeness (QED) is 0.792. The number of nitrogens with zero attached hydrogens (tertiary/aromatic N) is 1. The van der Waals surface area contributed by atoms with Crippen LogP contribution in [-0.2, 0) is 0 Å². The average Bonchev–Trinajstić information content (AvgIpc) is 2.78. The van der Waals surface area contributed by atoms with Crippen molar-refractivity contribution in [3.63, 3.8) is 0 Å². The van der Waals surface area contributed by atoms with Gasteiger partial charge in [-0.1, -0.05) is 31.0 Å². The molecule has 0 atom stereocenters. The lowest BCUT2D eigenvalue weighted by Crippen LogP contribution is -2.29. The number of hydrogen-bond donors (Lipinski definition) is 1. The van der Waals surface area contributed by atoms with Crippen molar-refractivity contribution in [3.8, 4) is 0 Å². The number of rotatable bonds is 1. The predicted molar refractivity (Wildman–Crippen MR) is 83.4 cm³/mol. The van der Waals surface area contributed by atoms with Crippen molar-refractivity contribution >= 4 is 38.5 Å². The Morgan fingerprint density at radius 1 is 1.26 bits per heavy atom. The second kappa shape index (κ2) is 5.44. The van der Waals surface area contributed by atoms with Crippen LogP contribution in [0.4, 0.5) is 10.1 Å². The molecule has 1 spiro atoms. The van der Waals surface area contributed by atoms with Gasteiger partial charge < -0.3 is 5.32 Å². The Balaban J connectivity index is 1.77. The molecule has 0 radical (unpaired) electrons. The van der Waals surface area contributed by atoms with E-state index in [4.69, 9.17) is 4.99 Å². The molecule has 102 valence electrons. The summed E-state index contributed by atoms with van der Waals surface area (Å²) in [6.07, 6.45) is 6.27. The molecule has 19 heavy (non-hydrogen) atoms. The summed E-state index contributed by atoms with van der Waals surface area (Å²) in [4.78, 5) is 4.87. The summed E-state index contributed by atoms with van der Waals surface area (Å²) < 4.78 is 14.1. The summed E-state index contributed by atoms with van der Waals surface area (Å²) in [7, 11) is 0. The molecule has 1 aliphatic heterocycles. The maximum Gasteiger partial charge on any atom is 0.161 e. The van der Waals surface area contributed by atoms with Crippen LogP contribution < -0.4 is 5.32 Å². The minimum absolute atomic E-state index is 0.144. The van der Waals surface area contributed by atoms with E-state index in [1.807, 2.05) is 0 Å². The van der Waals surface area contributed by atoms with Crippen LogP contribution in [0.2, 0.25) is 0 Å². The van der Waals surface area contributed by atoms with Crippen molar-refractivity contribution in [2.45, 2.75) is 37.6 Å². The van der Waals surface area contributed by atoms with Crippen molar-refractivity contribution in [2.75, 3.05) is 11.1 Å². The number of anilines is 1. The van der Waals surface area contributed by atoms with Gasteiger partial charge >= 0.3 is 0 Å². The molecule has 0 saturated heterocycles. The Bertz CT molecular complexity index is 512. The maximum absolute atomic E-state index is 13.3. The van der Waals surface area contributed by atoms with Gasteiger partial charge in [0.15, 0.2) is 5.17 Å². The first-order valence-electron chi connectivity index (χ1n) is 6.62. The standard InChI is InChI=1S/C14H16BrFN2S/c15-11-5-4-10(16)8-12(11)17-13-18-14(9-19-13)6-2-1-3-7-14/h4-5,8H,1-3,6-7,9H2,(H,17,18). The van der Waals surface area contributed by atoms with E-state index in [0.29, 0.717) is 0 Å². The second-order valence-electron chi connectivity index (χ2n) is 5.24. The van der Waals surface area contributed by atoms with E-state index in [0.717, 1.165) is 21.1 Å². The molecule has 1 aromatic carbocycles. The largest absolute Gasteiger partial charge is 0.334 e. The summed E-state index contributed by atoms with van der Waals surface area (Å²) in [5.74, 6) is 0.823. The van der Waals surface area contributed by atoms with E-state index in [-0.39, 0.29) is 11.4 Å². The molecular weight excluding hydrogens is 327 g/mol. The first-order chi connectivity index (χ1) is 9.17.